The van der Waals surface area contributed by atoms with Crippen LogP contribution < -0.4 is 0 Å². The number of furan rings is 1. The molecule has 1 amide bonds. The van der Waals surface area contributed by atoms with Crippen LogP contribution in [0.25, 0.3) is 0 Å². The molecule has 2 aromatic heterocycles. The highest BCUT2D eigenvalue weighted by Crippen LogP contribution is 2.22. The number of aromatic nitrogens is 1. The third-order valence-corrected chi connectivity index (χ3v) is 5.14. The maximum atomic E-state index is 12.8. The minimum atomic E-state index is 0.129. The second-order valence-electron chi connectivity index (χ2n) is 6.95. The molecule has 0 aliphatic carbocycles. The number of likely N-dealkylation sites (N-methyl/N-ethyl adjacent to an activating group) is 1. The largest absolute Gasteiger partial charge is 0.468 e. The Balaban J connectivity index is 1.48. The zero-order valence-electron chi connectivity index (χ0n) is 15.1. The number of rotatable bonds is 6. The van der Waals surface area contributed by atoms with Crippen molar-refractivity contribution in [3.63, 3.8) is 0 Å². The summed E-state index contributed by atoms with van der Waals surface area (Å²) in [4.78, 5) is 21.5. The molecule has 1 atom stereocenters. The first-order valence-electron chi connectivity index (χ1n) is 9.05. The quantitative estimate of drug-likeness (QED) is 0.810. The fraction of sp³-hybridized carbons (Fsp3) is 0.500. The molecule has 5 nitrogen and oxygen atoms in total. The molecule has 134 valence electrons. The Kier molecular flexibility index (Phi) is 5.87. The second-order valence-corrected chi connectivity index (χ2v) is 6.95. The van der Waals surface area contributed by atoms with Crippen molar-refractivity contribution in [2.45, 2.75) is 38.8 Å². The van der Waals surface area contributed by atoms with Crippen LogP contribution >= 0.6 is 0 Å². The Bertz CT molecular complexity index is 649. The summed E-state index contributed by atoms with van der Waals surface area (Å²) in [6.45, 7) is 4.82. The fourth-order valence-electron chi connectivity index (χ4n) is 3.42. The summed E-state index contributed by atoms with van der Waals surface area (Å²) < 4.78 is 5.41. The standard InChI is InChI=1S/C20H27N3O2/c1-16(14-18-6-3-4-10-21-18)22(2)20(24)17-8-11-23(12-9-17)15-19-7-5-13-25-19/h3-7,10,13,16-17H,8-9,11-12,14-15H2,1-2H3. The van der Waals surface area contributed by atoms with E-state index in [1.165, 1.54) is 0 Å². The Morgan fingerprint density at radius 3 is 2.76 bits per heavy atom. The summed E-state index contributed by atoms with van der Waals surface area (Å²) in [5.74, 6) is 1.39. The van der Waals surface area contributed by atoms with Crippen molar-refractivity contribution < 1.29 is 9.21 Å². The van der Waals surface area contributed by atoms with E-state index in [9.17, 15) is 4.79 Å². The van der Waals surface area contributed by atoms with Gasteiger partial charge in [-0.2, -0.15) is 0 Å². The molecule has 1 fully saturated rings. The van der Waals surface area contributed by atoms with Gasteiger partial charge in [0.05, 0.1) is 12.8 Å². The summed E-state index contributed by atoms with van der Waals surface area (Å²) >= 11 is 0. The molecule has 1 aliphatic rings. The van der Waals surface area contributed by atoms with Crippen LogP contribution in [0.4, 0.5) is 0 Å². The van der Waals surface area contributed by atoms with Gasteiger partial charge in [-0.1, -0.05) is 6.07 Å². The van der Waals surface area contributed by atoms with Gasteiger partial charge >= 0.3 is 0 Å². The van der Waals surface area contributed by atoms with Crippen molar-refractivity contribution >= 4 is 5.91 Å². The van der Waals surface area contributed by atoms with Crippen molar-refractivity contribution in [3.8, 4) is 0 Å². The van der Waals surface area contributed by atoms with Crippen molar-refractivity contribution in [1.29, 1.82) is 0 Å². The molecule has 25 heavy (non-hydrogen) atoms. The van der Waals surface area contributed by atoms with Gasteiger partial charge in [0.2, 0.25) is 5.91 Å². The number of hydrogen-bond donors (Lipinski definition) is 0. The average Bonchev–Trinajstić information content (AvgIpc) is 3.15. The molecule has 1 aliphatic heterocycles. The number of piperidine rings is 1. The molecule has 3 heterocycles. The van der Waals surface area contributed by atoms with Gasteiger partial charge in [-0.15, -0.1) is 0 Å². The van der Waals surface area contributed by atoms with Crippen molar-refractivity contribution in [1.82, 2.24) is 14.8 Å². The average molecular weight is 341 g/mol. The molecule has 0 radical (unpaired) electrons. The highest BCUT2D eigenvalue weighted by molar-refractivity contribution is 5.79. The highest BCUT2D eigenvalue weighted by atomic mass is 16.3. The zero-order chi connectivity index (χ0) is 17.6. The number of likely N-dealkylation sites (tertiary alicyclic amines) is 1. The van der Waals surface area contributed by atoms with Crippen LogP contribution in [-0.4, -0.2) is 46.9 Å². The Hall–Kier alpha value is -2.14. The van der Waals surface area contributed by atoms with E-state index < -0.39 is 0 Å². The van der Waals surface area contributed by atoms with Crippen molar-refractivity contribution in [2.24, 2.45) is 5.92 Å². The third kappa shape index (κ3) is 4.69. The zero-order valence-corrected chi connectivity index (χ0v) is 15.1. The first-order chi connectivity index (χ1) is 12.1. The second kappa shape index (κ2) is 8.30. The van der Waals surface area contributed by atoms with Gasteiger partial charge in [0, 0.05) is 37.3 Å². The monoisotopic (exact) mass is 341 g/mol. The normalized spacial score (nSPS) is 17.4. The van der Waals surface area contributed by atoms with E-state index in [2.05, 4.69) is 16.8 Å². The molecule has 0 saturated carbocycles. The summed E-state index contributed by atoms with van der Waals surface area (Å²) in [6, 6.07) is 10.0. The third-order valence-electron chi connectivity index (χ3n) is 5.14. The van der Waals surface area contributed by atoms with Crippen LogP contribution in [0, 0.1) is 5.92 Å². The van der Waals surface area contributed by atoms with Crippen molar-refractivity contribution in [3.05, 3.63) is 54.2 Å². The first kappa shape index (κ1) is 17.7. The molecular formula is C20H27N3O2. The van der Waals surface area contributed by atoms with Gasteiger partial charge < -0.3 is 9.32 Å². The van der Waals surface area contributed by atoms with E-state index >= 15 is 0 Å². The maximum absolute atomic E-state index is 12.8. The van der Waals surface area contributed by atoms with Crippen LogP contribution in [-0.2, 0) is 17.8 Å². The van der Waals surface area contributed by atoms with Gasteiger partial charge in [-0.25, -0.2) is 0 Å². The number of amides is 1. The summed E-state index contributed by atoms with van der Waals surface area (Å²) in [7, 11) is 1.92. The molecule has 3 rings (SSSR count). The van der Waals surface area contributed by atoms with E-state index in [0.29, 0.717) is 0 Å². The minimum Gasteiger partial charge on any atom is -0.468 e. The Labute approximate surface area is 149 Å². The number of pyridine rings is 1. The molecule has 0 bridgehead atoms. The summed E-state index contributed by atoms with van der Waals surface area (Å²) in [6.07, 6.45) is 6.14. The molecule has 1 saturated heterocycles. The van der Waals surface area contributed by atoms with Gasteiger partial charge in [0.1, 0.15) is 5.76 Å². The topological polar surface area (TPSA) is 49.6 Å². The van der Waals surface area contributed by atoms with Crippen LogP contribution in [0.3, 0.4) is 0 Å². The van der Waals surface area contributed by atoms with Crippen molar-refractivity contribution in [2.75, 3.05) is 20.1 Å². The van der Waals surface area contributed by atoms with Crippen LogP contribution in [0.1, 0.15) is 31.2 Å². The number of carbonyl (C=O) groups is 1. The molecule has 2 aromatic rings. The predicted molar refractivity (Wildman–Crippen MR) is 96.9 cm³/mol. The molecule has 1 unspecified atom stereocenters. The lowest BCUT2D eigenvalue weighted by Crippen LogP contribution is -2.44. The number of hydrogen-bond acceptors (Lipinski definition) is 4. The van der Waals surface area contributed by atoms with Crippen LogP contribution in [0.15, 0.2) is 47.2 Å². The lowest BCUT2D eigenvalue weighted by molar-refractivity contribution is -0.137. The fourth-order valence-corrected chi connectivity index (χ4v) is 3.42. The lowest BCUT2D eigenvalue weighted by Gasteiger charge is -2.34. The van der Waals surface area contributed by atoms with E-state index in [1.54, 1.807) is 12.5 Å². The molecule has 0 aromatic carbocycles. The maximum Gasteiger partial charge on any atom is 0.225 e. The Morgan fingerprint density at radius 1 is 1.32 bits per heavy atom. The number of carbonyl (C=O) groups excluding carboxylic acids is 1. The molecular weight excluding hydrogens is 314 g/mol. The van der Waals surface area contributed by atoms with E-state index in [1.807, 2.05) is 42.3 Å². The number of nitrogens with zero attached hydrogens (tertiary/aromatic N) is 3. The van der Waals surface area contributed by atoms with Gasteiger partial charge in [-0.05, 0) is 57.1 Å². The predicted octanol–water partition coefficient (Wildman–Crippen LogP) is 2.98. The van der Waals surface area contributed by atoms with Crippen LogP contribution in [0.5, 0.6) is 0 Å². The lowest BCUT2D eigenvalue weighted by atomic mass is 9.94. The van der Waals surface area contributed by atoms with Gasteiger partial charge in [0.15, 0.2) is 0 Å². The van der Waals surface area contributed by atoms with E-state index in [0.717, 1.165) is 50.4 Å². The molecule has 0 N–H and O–H groups in total. The highest BCUT2D eigenvalue weighted by Gasteiger charge is 2.29. The smallest absolute Gasteiger partial charge is 0.225 e. The summed E-state index contributed by atoms with van der Waals surface area (Å²) in [5.41, 5.74) is 1.03. The van der Waals surface area contributed by atoms with Crippen LogP contribution in [0.2, 0.25) is 0 Å². The van der Waals surface area contributed by atoms with E-state index in [4.69, 9.17) is 4.42 Å². The van der Waals surface area contributed by atoms with Gasteiger partial charge in [-0.3, -0.25) is 14.7 Å². The van der Waals surface area contributed by atoms with E-state index in [-0.39, 0.29) is 17.9 Å². The van der Waals surface area contributed by atoms with Gasteiger partial charge in [0.25, 0.3) is 0 Å². The SMILES string of the molecule is CC(Cc1ccccn1)N(C)C(=O)C1CCN(Cc2ccco2)CC1. The molecule has 5 heteroatoms. The minimum absolute atomic E-state index is 0.129. The Morgan fingerprint density at radius 2 is 2.12 bits per heavy atom. The first-order valence-corrected chi connectivity index (χ1v) is 9.05. The molecule has 0 spiro atoms. The summed E-state index contributed by atoms with van der Waals surface area (Å²) in [5, 5.41) is 0.